The standard InChI is InChI=1S/C15H19N3O/c1-5-18(6-2)15(19)12-7-8-13-14(9-12)17-11(4)10(3)16-13/h7-9H,5-6H2,1-4H3. The highest BCUT2D eigenvalue weighted by Crippen LogP contribution is 2.15. The summed E-state index contributed by atoms with van der Waals surface area (Å²) in [6.45, 7) is 9.26. The SMILES string of the molecule is CCN(CC)C(=O)c1ccc2nc(C)c(C)nc2c1. The van der Waals surface area contributed by atoms with Crippen LogP contribution in [0.5, 0.6) is 0 Å². The van der Waals surface area contributed by atoms with Gasteiger partial charge < -0.3 is 4.90 Å². The lowest BCUT2D eigenvalue weighted by molar-refractivity contribution is 0.0773. The Morgan fingerprint density at radius 2 is 1.63 bits per heavy atom. The van der Waals surface area contributed by atoms with Crippen LogP contribution in [-0.4, -0.2) is 33.9 Å². The zero-order chi connectivity index (χ0) is 14.0. The van der Waals surface area contributed by atoms with Gasteiger partial charge in [0.1, 0.15) is 0 Å². The lowest BCUT2D eigenvalue weighted by Crippen LogP contribution is -2.30. The molecular formula is C15H19N3O. The van der Waals surface area contributed by atoms with Gasteiger partial charge in [0.05, 0.1) is 22.4 Å². The van der Waals surface area contributed by atoms with Crippen LogP contribution in [0.15, 0.2) is 18.2 Å². The van der Waals surface area contributed by atoms with E-state index in [4.69, 9.17) is 0 Å². The smallest absolute Gasteiger partial charge is 0.253 e. The highest BCUT2D eigenvalue weighted by molar-refractivity contribution is 5.97. The molecule has 0 aliphatic rings. The first kappa shape index (κ1) is 13.5. The maximum absolute atomic E-state index is 12.3. The van der Waals surface area contributed by atoms with Gasteiger partial charge in [-0.05, 0) is 45.9 Å². The van der Waals surface area contributed by atoms with Crippen LogP contribution >= 0.6 is 0 Å². The molecule has 1 aromatic carbocycles. The van der Waals surface area contributed by atoms with Gasteiger partial charge in [0.25, 0.3) is 5.91 Å². The van der Waals surface area contributed by atoms with Gasteiger partial charge in [-0.25, -0.2) is 9.97 Å². The molecule has 1 heterocycles. The Balaban J connectivity index is 2.46. The number of carbonyl (C=O) groups excluding carboxylic acids is 1. The molecule has 0 saturated carbocycles. The molecule has 4 nitrogen and oxygen atoms in total. The molecule has 0 radical (unpaired) electrons. The number of fused-ring (bicyclic) bond motifs is 1. The van der Waals surface area contributed by atoms with E-state index in [9.17, 15) is 4.79 Å². The fourth-order valence-electron chi connectivity index (χ4n) is 2.06. The van der Waals surface area contributed by atoms with Crippen molar-refractivity contribution in [2.24, 2.45) is 0 Å². The number of nitrogens with zero attached hydrogens (tertiary/aromatic N) is 3. The molecule has 0 aliphatic carbocycles. The molecule has 1 amide bonds. The van der Waals surface area contributed by atoms with E-state index in [-0.39, 0.29) is 5.91 Å². The predicted octanol–water partition coefficient (Wildman–Crippen LogP) is 2.73. The number of benzene rings is 1. The molecule has 0 spiro atoms. The zero-order valence-corrected chi connectivity index (χ0v) is 11.9. The van der Waals surface area contributed by atoms with Gasteiger partial charge in [0.15, 0.2) is 0 Å². The first-order valence-electron chi connectivity index (χ1n) is 6.61. The monoisotopic (exact) mass is 257 g/mol. The third kappa shape index (κ3) is 2.57. The van der Waals surface area contributed by atoms with Crippen LogP contribution in [0, 0.1) is 13.8 Å². The van der Waals surface area contributed by atoms with E-state index in [0.717, 1.165) is 22.4 Å². The Kier molecular flexibility index (Phi) is 3.79. The maximum Gasteiger partial charge on any atom is 0.253 e. The molecule has 2 aromatic rings. The van der Waals surface area contributed by atoms with Crippen molar-refractivity contribution in [2.75, 3.05) is 13.1 Å². The summed E-state index contributed by atoms with van der Waals surface area (Å²) in [5.41, 5.74) is 4.12. The summed E-state index contributed by atoms with van der Waals surface area (Å²) in [5.74, 6) is 0.0481. The van der Waals surface area contributed by atoms with Gasteiger partial charge in [-0.1, -0.05) is 0 Å². The Hall–Kier alpha value is -1.97. The van der Waals surface area contributed by atoms with Crippen molar-refractivity contribution in [3.8, 4) is 0 Å². The average Bonchev–Trinajstić information content (AvgIpc) is 2.41. The van der Waals surface area contributed by atoms with E-state index in [0.29, 0.717) is 18.7 Å². The molecule has 0 bridgehead atoms. The predicted molar refractivity (Wildman–Crippen MR) is 76.3 cm³/mol. The Bertz CT molecular complexity index is 618. The van der Waals surface area contributed by atoms with E-state index in [1.54, 1.807) is 4.90 Å². The fourth-order valence-corrected chi connectivity index (χ4v) is 2.06. The van der Waals surface area contributed by atoms with Crippen molar-refractivity contribution >= 4 is 16.9 Å². The third-order valence-electron chi connectivity index (χ3n) is 3.37. The molecule has 0 unspecified atom stereocenters. The molecule has 0 N–H and O–H groups in total. The normalized spacial score (nSPS) is 10.7. The van der Waals surface area contributed by atoms with Crippen LogP contribution in [-0.2, 0) is 0 Å². The van der Waals surface area contributed by atoms with E-state index in [1.807, 2.05) is 45.9 Å². The summed E-state index contributed by atoms with van der Waals surface area (Å²) >= 11 is 0. The molecule has 2 rings (SSSR count). The number of rotatable bonds is 3. The molecule has 1 aromatic heterocycles. The van der Waals surface area contributed by atoms with Gasteiger partial charge in [0, 0.05) is 18.7 Å². The van der Waals surface area contributed by atoms with E-state index in [2.05, 4.69) is 9.97 Å². The number of amides is 1. The van der Waals surface area contributed by atoms with Crippen molar-refractivity contribution in [1.82, 2.24) is 14.9 Å². The summed E-state index contributed by atoms with van der Waals surface area (Å²) < 4.78 is 0. The lowest BCUT2D eigenvalue weighted by atomic mass is 10.1. The van der Waals surface area contributed by atoms with Gasteiger partial charge in [-0.2, -0.15) is 0 Å². The molecule has 0 saturated heterocycles. The Morgan fingerprint density at radius 3 is 2.21 bits per heavy atom. The molecule has 0 aliphatic heterocycles. The minimum Gasteiger partial charge on any atom is -0.339 e. The molecule has 100 valence electrons. The summed E-state index contributed by atoms with van der Waals surface area (Å²) in [4.78, 5) is 23.1. The van der Waals surface area contributed by atoms with E-state index in [1.165, 1.54) is 0 Å². The molecule has 19 heavy (non-hydrogen) atoms. The Morgan fingerprint density at radius 1 is 1.05 bits per heavy atom. The molecule has 0 atom stereocenters. The van der Waals surface area contributed by atoms with Crippen LogP contribution < -0.4 is 0 Å². The largest absolute Gasteiger partial charge is 0.339 e. The third-order valence-corrected chi connectivity index (χ3v) is 3.37. The Labute approximate surface area is 113 Å². The van der Waals surface area contributed by atoms with Crippen LogP contribution in [0.2, 0.25) is 0 Å². The lowest BCUT2D eigenvalue weighted by Gasteiger charge is -2.18. The van der Waals surface area contributed by atoms with Crippen molar-refractivity contribution in [3.05, 3.63) is 35.2 Å². The summed E-state index contributed by atoms with van der Waals surface area (Å²) in [5, 5.41) is 0. The highest BCUT2D eigenvalue weighted by atomic mass is 16.2. The molecule has 4 heteroatoms. The van der Waals surface area contributed by atoms with Crippen LogP contribution in [0.1, 0.15) is 35.6 Å². The second-order valence-electron chi connectivity index (χ2n) is 4.58. The first-order chi connectivity index (χ1) is 9.06. The van der Waals surface area contributed by atoms with Gasteiger partial charge in [0.2, 0.25) is 0 Å². The molecular weight excluding hydrogens is 238 g/mol. The minimum atomic E-state index is 0.0481. The van der Waals surface area contributed by atoms with Crippen molar-refractivity contribution in [1.29, 1.82) is 0 Å². The van der Waals surface area contributed by atoms with Crippen molar-refractivity contribution < 1.29 is 4.79 Å². The quantitative estimate of drug-likeness (QED) is 0.849. The number of aryl methyl sites for hydroxylation is 2. The topological polar surface area (TPSA) is 46.1 Å². The first-order valence-corrected chi connectivity index (χ1v) is 6.61. The van der Waals surface area contributed by atoms with Gasteiger partial charge in [-0.15, -0.1) is 0 Å². The van der Waals surface area contributed by atoms with E-state index < -0.39 is 0 Å². The fraction of sp³-hybridized carbons (Fsp3) is 0.400. The number of carbonyl (C=O) groups is 1. The number of aromatic nitrogens is 2. The van der Waals surface area contributed by atoms with Crippen LogP contribution in [0.4, 0.5) is 0 Å². The summed E-state index contributed by atoms with van der Waals surface area (Å²) in [7, 11) is 0. The minimum absolute atomic E-state index is 0.0481. The van der Waals surface area contributed by atoms with Gasteiger partial charge >= 0.3 is 0 Å². The number of hydrogen-bond acceptors (Lipinski definition) is 3. The summed E-state index contributed by atoms with van der Waals surface area (Å²) in [6, 6.07) is 5.52. The number of hydrogen-bond donors (Lipinski definition) is 0. The summed E-state index contributed by atoms with van der Waals surface area (Å²) in [6.07, 6.45) is 0. The second-order valence-corrected chi connectivity index (χ2v) is 4.58. The van der Waals surface area contributed by atoms with E-state index >= 15 is 0 Å². The van der Waals surface area contributed by atoms with Crippen molar-refractivity contribution in [3.63, 3.8) is 0 Å². The zero-order valence-electron chi connectivity index (χ0n) is 11.9. The second kappa shape index (κ2) is 5.34. The maximum atomic E-state index is 12.3. The molecule has 0 fully saturated rings. The highest BCUT2D eigenvalue weighted by Gasteiger charge is 2.13. The van der Waals surface area contributed by atoms with Crippen LogP contribution in [0.3, 0.4) is 0 Å². The van der Waals surface area contributed by atoms with Crippen LogP contribution in [0.25, 0.3) is 11.0 Å². The average molecular weight is 257 g/mol. The van der Waals surface area contributed by atoms with Gasteiger partial charge in [-0.3, -0.25) is 4.79 Å². The van der Waals surface area contributed by atoms with Crippen molar-refractivity contribution in [2.45, 2.75) is 27.7 Å².